The van der Waals surface area contributed by atoms with Crippen molar-refractivity contribution in [2.75, 3.05) is 0 Å². The molecule has 3 nitrogen and oxygen atoms in total. The normalized spacial score (nSPS) is 13.5. The van der Waals surface area contributed by atoms with Gasteiger partial charge in [0, 0.05) is 16.6 Å². The molecule has 108 valence electrons. The fourth-order valence-corrected chi connectivity index (χ4v) is 2.50. The molecule has 0 aliphatic carbocycles. The number of halogens is 5. The van der Waals surface area contributed by atoms with Crippen molar-refractivity contribution in [3.63, 3.8) is 0 Å². The Morgan fingerprint density at radius 2 is 1.80 bits per heavy atom. The summed E-state index contributed by atoms with van der Waals surface area (Å²) in [4.78, 5) is 3.16. The molecule has 0 bridgehead atoms. The number of aromatic nitrogens is 1. The number of thiazole rings is 1. The summed E-state index contributed by atoms with van der Waals surface area (Å²) in [5, 5.41) is -1.11. The van der Waals surface area contributed by atoms with E-state index in [-0.39, 0.29) is 16.2 Å². The lowest BCUT2D eigenvalue weighted by Crippen LogP contribution is -2.29. The van der Waals surface area contributed by atoms with Crippen molar-refractivity contribution in [3.8, 4) is 0 Å². The summed E-state index contributed by atoms with van der Waals surface area (Å²) >= 11 is 0.273. The second-order valence-corrected chi connectivity index (χ2v) is 4.86. The van der Waals surface area contributed by atoms with Crippen molar-refractivity contribution in [2.24, 2.45) is 5.84 Å². The number of benzene rings is 1. The van der Waals surface area contributed by atoms with E-state index in [1.807, 2.05) is 0 Å². The molecule has 0 saturated heterocycles. The Morgan fingerprint density at radius 1 is 1.20 bits per heavy atom. The Morgan fingerprint density at radius 3 is 2.25 bits per heavy atom. The van der Waals surface area contributed by atoms with Gasteiger partial charge in [-0.3, -0.25) is 5.84 Å². The predicted molar refractivity (Wildman–Crippen MR) is 62.6 cm³/mol. The molecule has 0 aliphatic heterocycles. The van der Waals surface area contributed by atoms with Crippen LogP contribution < -0.4 is 11.3 Å². The van der Waals surface area contributed by atoms with E-state index in [9.17, 15) is 22.0 Å². The van der Waals surface area contributed by atoms with E-state index in [0.29, 0.717) is 0 Å². The van der Waals surface area contributed by atoms with Crippen molar-refractivity contribution in [3.05, 3.63) is 51.5 Å². The van der Waals surface area contributed by atoms with Crippen LogP contribution in [0.3, 0.4) is 0 Å². The third kappa shape index (κ3) is 2.79. The van der Waals surface area contributed by atoms with Crippen LogP contribution >= 0.6 is 11.3 Å². The number of nitrogens with zero attached hydrogens (tertiary/aromatic N) is 1. The first-order chi connectivity index (χ1) is 9.34. The van der Waals surface area contributed by atoms with Crippen molar-refractivity contribution in [1.82, 2.24) is 10.4 Å². The zero-order chi connectivity index (χ0) is 14.9. The van der Waals surface area contributed by atoms with Gasteiger partial charge in [-0.25, -0.2) is 19.2 Å². The molecule has 0 aliphatic rings. The molecule has 1 atom stereocenters. The molecule has 2 aromatic rings. The van der Waals surface area contributed by atoms with Gasteiger partial charge in [0.05, 0.1) is 6.04 Å². The lowest BCUT2D eigenvalue weighted by Gasteiger charge is -2.15. The maximum atomic E-state index is 13.6. The van der Waals surface area contributed by atoms with Crippen molar-refractivity contribution < 1.29 is 22.0 Å². The van der Waals surface area contributed by atoms with E-state index in [0.717, 1.165) is 24.4 Å². The molecule has 1 aromatic carbocycles. The van der Waals surface area contributed by atoms with Gasteiger partial charge in [0.15, 0.2) is 5.01 Å². The van der Waals surface area contributed by atoms with E-state index in [1.54, 1.807) is 0 Å². The predicted octanol–water partition coefficient (Wildman–Crippen LogP) is 2.99. The van der Waals surface area contributed by atoms with Gasteiger partial charge in [0.1, 0.15) is 11.6 Å². The summed E-state index contributed by atoms with van der Waals surface area (Å²) < 4.78 is 64.7. The van der Waals surface area contributed by atoms with Gasteiger partial charge in [0.25, 0.3) is 0 Å². The first-order valence-electron chi connectivity index (χ1n) is 5.27. The summed E-state index contributed by atoms with van der Waals surface area (Å²) in [7, 11) is 0. The van der Waals surface area contributed by atoms with Crippen LogP contribution in [0, 0.1) is 11.6 Å². The van der Waals surface area contributed by atoms with Crippen molar-refractivity contribution in [2.45, 2.75) is 12.2 Å². The number of nitrogens with one attached hydrogen (secondary N) is 1. The molecule has 1 unspecified atom stereocenters. The Hall–Kier alpha value is -1.58. The Kier molecular flexibility index (Phi) is 4.02. The van der Waals surface area contributed by atoms with Gasteiger partial charge in [-0.2, -0.15) is 13.2 Å². The molecule has 9 heteroatoms. The van der Waals surface area contributed by atoms with Crippen LogP contribution in [0.15, 0.2) is 24.4 Å². The highest BCUT2D eigenvalue weighted by atomic mass is 32.1. The Labute approximate surface area is 114 Å². The first kappa shape index (κ1) is 14.8. The molecule has 1 aromatic heterocycles. The molecule has 0 spiro atoms. The Bertz CT molecular complexity index is 590. The highest BCUT2D eigenvalue weighted by Crippen LogP contribution is 2.36. The average Bonchev–Trinajstić information content (AvgIpc) is 2.83. The SMILES string of the molecule is NNC(c1cnc(C(F)(F)F)s1)c1c(F)cccc1F. The highest BCUT2D eigenvalue weighted by molar-refractivity contribution is 7.11. The quantitative estimate of drug-likeness (QED) is 0.520. The van der Waals surface area contributed by atoms with E-state index >= 15 is 0 Å². The fourth-order valence-electron chi connectivity index (χ4n) is 1.65. The highest BCUT2D eigenvalue weighted by Gasteiger charge is 2.36. The van der Waals surface area contributed by atoms with Crippen LogP contribution in [0.4, 0.5) is 22.0 Å². The van der Waals surface area contributed by atoms with Gasteiger partial charge in [-0.15, -0.1) is 11.3 Å². The van der Waals surface area contributed by atoms with Gasteiger partial charge >= 0.3 is 6.18 Å². The zero-order valence-corrected chi connectivity index (χ0v) is 10.5. The molecular weight excluding hydrogens is 301 g/mol. The molecule has 0 saturated carbocycles. The third-order valence-electron chi connectivity index (χ3n) is 2.51. The molecule has 0 fully saturated rings. The van der Waals surface area contributed by atoms with E-state index in [4.69, 9.17) is 5.84 Å². The van der Waals surface area contributed by atoms with Crippen LogP contribution in [0.25, 0.3) is 0 Å². The number of hydrogen-bond donors (Lipinski definition) is 2. The van der Waals surface area contributed by atoms with Crippen molar-refractivity contribution in [1.29, 1.82) is 0 Å². The molecule has 0 radical (unpaired) electrons. The standard InChI is InChI=1S/C11H8F5N3S/c12-5-2-1-3-6(13)8(5)9(19-17)7-4-18-10(20-7)11(14,15)16/h1-4,9,19H,17H2. The largest absolute Gasteiger partial charge is 0.443 e. The number of alkyl halides is 3. The minimum Gasteiger partial charge on any atom is -0.271 e. The topological polar surface area (TPSA) is 50.9 Å². The molecule has 2 rings (SSSR count). The Balaban J connectivity index is 2.45. The van der Waals surface area contributed by atoms with Crippen molar-refractivity contribution >= 4 is 11.3 Å². The minimum absolute atomic E-state index is 0.0381. The van der Waals surface area contributed by atoms with Crippen LogP contribution in [0.2, 0.25) is 0 Å². The number of hydrazine groups is 1. The molecule has 1 heterocycles. The zero-order valence-electron chi connectivity index (χ0n) is 9.71. The number of rotatable bonds is 3. The maximum absolute atomic E-state index is 13.6. The summed E-state index contributed by atoms with van der Waals surface area (Å²) in [5.74, 6) is 3.39. The summed E-state index contributed by atoms with van der Waals surface area (Å²) in [5.41, 5.74) is 1.65. The molecular formula is C11H8F5N3S. The fraction of sp³-hybridized carbons (Fsp3) is 0.182. The van der Waals surface area contributed by atoms with Gasteiger partial charge in [-0.1, -0.05) is 6.07 Å². The molecule has 20 heavy (non-hydrogen) atoms. The molecule has 0 amide bonds. The average molecular weight is 309 g/mol. The van der Waals surface area contributed by atoms with Gasteiger partial charge < -0.3 is 0 Å². The number of hydrogen-bond acceptors (Lipinski definition) is 4. The number of nitrogens with two attached hydrogens (primary N) is 1. The third-order valence-corrected chi connectivity index (χ3v) is 3.61. The van der Waals surface area contributed by atoms with Gasteiger partial charge in [-0.05, 0) is 12.1 Å². The second kappa shape index (κ2) is 5.43. The van der Waals surface area contributed by atoms with Crippen LogP contribution in [0.1, 0.15) is 21.5 Å². The van der Waals surface area contributed by atoms with Crippen LogP contribution in [-0.2, 0) is 6.18 Å². The lowest BCUT2D eigenvalue weighted by molar-refractivity contribution is -0.137. The van der Waals surface area contributed by atoms with Crippen LogP contribution in [0.5, 0.6) is 0 Å². The smallest absolute Gasteiger partial charge is 0.271 e. The van der Waals surface area contributed by atoms with E-state index in [1.165, 1.54) is 0 Å². The maximum Gasteiger partial charge on any atom is 0.443 e. The van der Waals surface area contributed by atoms with E-state index in [2.05, 4.69) is 10.4 Å². The second-order valence-electron chi connectivity index (χ2n) is 3.80. The van der Waals surface area contributed by atoms with Gasteiger partial charge in [0.2, 0.25) is 0 Å². The molecule has 3 N–H and O–H groups in total. The monoisotopic (exact) mass is 309 g/mol. The summed E-state index contributed by atoms with van der Waals surface area (Å²) in [6.07, 6.45) is -3.72. The lowest BCUT2D eigenvalue weighted by atomic mass is 10.1. The van der Waals surface area contributed by atoms with E-state index < -0.39 is 34.4 Å². The first-order valence-corrected chi connectivity index (χ1v) is 6.09. The summed E-state index contributed by atoms with van der Waals surface area (Å²) in [6.45, 7) is 0. The summed E-state index contributed by atoms with van der Waals surface area (Å²) in [6, 6.07) is 1.89. The minimum atomic E-state index is -4.62. The van der Waals surface area contributed by atoms with Crippen LogP contribution in [-0.4, -0.2) is 4.98 Å².